The maximum Gasteiger partial charge on any atom is 0.0917 e. The van der Waals surface area contributed by atoms with Gasteiger partial charge in [-0.1, -0.05) is 18.2 Å². The fourth-order valence-electron chi connectivity index (χ4n) is 2.80. The summed E-state index contributed by atoms with van der Waals surface area (Å²) >= 11 is 0. The van der Waals surface area contributed by atoms with E-state index in [2.05, 4.69) is 49.2 Å². The Kier molecular flexibility index (Phi) is 3.64. The van der Waals surface area contributed by atoms with Gasteiger partial charge in [0.2, 0.25) is 0 Å². The van der Waals surface area contributed by atoms with Gasteiger partial charge in [-0.05, 0) is 38.8 Å². The van der Waals surface area contributed by atoms with Gasteiger partial charge in [0, 0.05) is 31.4 Å². The minimum atomic E-state index is -0.681. The lowest BCUT2D eigenvalue weighted by Crippen LogP contribution is -2.45. The van der Waals surface area contributed by atoms with Gasteiger partial charge in [-0.15, -0.1) is 0 Å². The normalized spacial score (nSPS) is 29.2. The van der Waals surface area contributed by atoms with Crippen LogP contribution in [0.2, 0.25) is 0 Å². The number of aryl methyl sites for hydroxylation is 2. The zero-order valence-electron chi connectivity index (χ0n) is 11.8. The number of rotatable bonds is 1. The van der Waals surface area contributed by atoms with Crippen molar-refractivity contribution in [3.8, 4) is 0 Å². The standard InChI is InChI=1S/C15H24N2O/c1-11-6-5-7-12(2)14(11)17-10-15(4,18)9-16-8-13(17)3/h5-7,13,16,18H,8-10H2,1-4H3. The molecule has 100 valence electrons. The molecule has 1 saturated heterocycles. The van der Waals surface area contributed by atoms with Crippen LogP contribution < -0.4 is 10.2 Å². The van der Waals surface area contributed by atoms with Crippen LogP contribution in [0.1, 0.15) is 25.0 Å². The van der Waals surface area contributed by atoms with Crippen molar-refractivity contribution in [3.63, 3.8) is 0 Å². The molecule has 0 spiro atoms. The number of hydrogen-bond acceptors (Lipinski definition) is 3. The molecular formula is C15H24N2O. The molecule has 1 aliphatic rings. The smallest absolute Gasteiger partial charge is 0.0917 e. The number of aliphatic hydroxyl groups is 1. The molecule has 18 heavy (non-hydrogen) atoms. The van der Waals surface area contributed by atoms with Crippen molar-refractivity contribution in [1.82, 2.24) is 5.32 Å². The van der Waals surface area contributed by atoms with E-state index in [1.54, 1.807) is 0 Å². The lowest BCUT2D eigenvalue weighted by Gasteiger charge is -2.35. The highest BCUT2D eigenvalue weighted by atomic mass is 16.3. The molecule has 0 amide bonds. The number of β-amino-alcohol motifs (C(OH)–C–C–N with tert-alkyl or cyclic N) is 1. The van der Waals surface area contributed by atoms with Crippen LogP contribution in [-0.4, -0.2) is 36.4 Å². The first kappa shape index (κ1) is 13.4. The maximum atomic E-state index is 10.4. The minimum absolute atomic E-state index is 0.388. The molecule has 1 fully saturated rings. The van der Waals surface area contributed by atoms with Crippen LogP contribution in [0.5, 0.6) is 0 Å². The van der Waals surface area contributed by atoms with E-state index in [0.29, 0.717) is 19.1 Å². The summed E-state index contributed by atoms with van der Waals surface area (Å²) in [6, 6.07) is 6.76. The van der Waals surface area contributed by atoms with E-state index >= 15 is 0 Å². The van der Waals surface area contributed by atoms with Crippen molar-refractivity contribution in [2.75, 3.05) is 24.5 Å². The van der Waals surface area contributed by atoms with Crippen LogP contribution in [0.15, 0.2) is 18.2 Å². The molecule has 3 heteroatoms. The zero-order chi connectivity index (χ0) is 13.3. The summed E-state index contributed by atoms with van der Waals surface area (Å²) in [6.07, 6.45) is 0. The van der Waals surface area contributed by atoms with Gasteiger partial charge >= 0.3 is 0 Å². The van der Waals surface area contributed by atoms with E-state index in [-0.39, 0.29) is 0 Å². The Morgan fingerprint density at radius 3 is 2.56 bits per heavy atom. The van der Waals surface area contributed by atoms with Crippen LogP contribution in [0.3, 0.4) is 0 Å². The molecule has 0 bridgehead atoms. The molecule has 0 radical (unpaired) electrons. The average Bonchev–Trinajstić information content (AvgIpc) is 2.38. The maximum absolute atomic E-state index is 10.4. The molecule has 1 aromatic carbocycles. The summed E-state index contributed by atoms with van der Waals surface area (Å²) in [5.41, 5.74) is 3.15. The third-order valence-corrected chi connectivity index (χ3v) is 3.72. The highest BCUT2D eigenvalue weighted by Gasteiger charge is 2.31. The van der Waals surface area contributed by atoms with Gasteiger partial charge in [0.15, 0.2) is 0 Å². The van der Waals surface area contributed by atoms with Crippen molar-refractivity contribution in [2.24, 2.45) is 0 Å². The number of nitrogens with one attached hydrogen (secondary N) is 1. The Morgan fingerprint density at radius 2 is 1.94 bits per heavy atom. The second kappa shape index (κ2) is 4.90. The Bertz CT molecular complexity index is 408. The Labute approximate surface area is 110 Å². The molecular weight excluding hydrogens is 224 g/mol. The van der Waals surface area contributed by atoms with Crippen molar-refractivity contribution in [2.45, 2.75) is 39.3 Å². The van der Waals surface area contributed by atoms with E-state index in [1.807, 2.05) is 6.92 Å². The second-order valence-electron chi connectivity index (χ2n) is 5.85. The number of anilines is 1. The number of benzene rings is 1. The van der Waals surface area contributed by atoms with Gasteiger partial charge in [-0.2, -0.15) is 0 Å². The van der Waals surface area contributed by atoms with Gasteiger partial charge < -0.3 is 15.3 Å². The van der Waals surface area contributed by atoms with Crippen molar-refractivity contribution in [1.29, 1.82) is 0 Å². The molecule has 1 aliphatic heterocycles. The van der Waals surface area contributed by atoms with Crippen molar-refractivity contribution >= 4 is 5.69 Å². The Balaban J connectivity index is 2.40. The summed E-state index contributed by atoms with van der Waals surface area (Å²) in [5.74, 6) is 0. The fraction of sp³-hybridized carbons (Fsp3) is 0.600. The van der Waals surface area contributed by atoms with E-state index < -0.39 is 5.60 Å². The zero-order valence-corrected chi connectivity index (χ0v) is 11.8. The van der Waals surface area contributed by atoms with Gasteiger partial charge in [0.1, 0.15) is 0 Å². The van der Waals surface area contributed by atoms with Crippen LogP contribution in [-0.2, 0) is 0 Å². The highest BCUT2D eigenvalue weighted by Crippen LogP contribution is 2.28. The summed E-state index contributed by atoms with van der Waals surface area (Å²) in [4.78, 5) is 2.34. The summed E-state index contributed by atoms with van der Waals surface area (Å²) in [7, 11) is 0. The molecule has 2 rings (SSSR count). The molecule has 2 atom stereocenters. The topological polar surface area (TPSA) is 35.5 Å². The van der Waals surface area contributed by atoms with Crippen LogP contribution in [0.25, 0.3) is 0 Å². The summed E-state index contributed by atoms with van der Waals surface area (Å²) in [6.45, 7) is 10.6. The molecule has 2 N–H and O–H groups in total. The molecule has 3 nitrogen and oxygen atoms in total. The van der Waals surface area contributed by atoms with Crippen LogP contribution >= 0.6 is 0 Å². The first-order valence-corrected chi connectivity index (χ1v) is 6.67. The lowest BCUT2D eigenvalue weighted by atomic mass is 10.0. The van der Waals surface area contributed by atoms with Gasteiger partial charge in [0.05, 0.1) is 5.60 Å². The third kappa shape index (κ3) is 2.68. The second-order valence-corrected chi connectivity index (χ2v) is 5.85. The van der Waals surface area contributed by atoms with Crippen LogP contribution in [0, 0.1) is 13.8 Å². The Hall–Kier alpha value is -1.06. The van der Waals surface area contributed by atoms with Crippen LogP contribution in [0.4, 0.5) is 5.69 Å². The predicted octanol–water partition coefficient (Wildman–Crippen LogP) is 1.85. The largest absolute Gasteiger partial charge is 0.387 e. The van der Waals surface area contributed by atoms with E-state index in [9.17, 15) is 5.11 Å². The summed E-state index contributed by atoms with van der Waals surface area (Å²) in [5, 5.41) is 13.7. The minimum Gasteiger partial charge on any atom is -0.387 e. The molecule has 0 aliphatic carbocycles. The predicted molar refractivity (Wildman–Crippen MR) is 76.2 cm³/mol. The number of nitrogens with zero attached hydrogens (tertiary/aromatic N) is 1. The van der Waals surface area contributed by atoms with Crippen molar-refractivity contribution in [3.05, 3.63) is 29.3 Å². The number of para-hydroxylation sites is 1. The quantitative estimate of drug-likeness (QED) is 0.796. The van der Waals surface area contributed by atoms with E-state index in [4.69, 9.17) is 0 Å². The highest BCUT2D eigenvalue weighted by molar-refractivity contribution is 5.60. The lowest BCUT2D eigenvalue weighted by molar-refractivity contribution is 0.0726. The van der Waals surface area contributed by atoms with Gasteiger partial charge in [-0.25, -0.2) is 0 Å². The molecule has 0 saturated carbocycles. The molecule has 1 aromatic rings. The molecule has 1 heterocycles. The Morgan fingerprint density at radius 1 is 1.33 bits per heavy atom. The van der Waals surface area contributed by atoms with Crippen molar-refractivity contribution < 1.29 is 5.11 Å². The fourth-order valence-corrected chi connectivity index (χ4v) is 2.80. The number of hydrogen-bond donors (Lipinski definition) is 2. The monoisotopic (exact) mass is 248 g/mol. The summed E-state index contributed by atoms with van der Waals surface area (Å²) < 4.78 is 0. The van der Waals surface area contributed by atoms with Gasteiger partial charge in [-0.3, -0.25) is 0 Å². The third-order valence-electron chi connectivity index (χ3n) is 3.72. The first-order chi connectivity index (χ1) is 8.41. The average molecular weight is 248 g/mol. The van der Waals surface area contributed by atoms with Gasteiger partial charge in [0.25, 0.3) is 0 Å². The SMILES string of the molecule is Cc1cccc(C)c1N1CC(C)(O)CNCC1C. The molecule has 2 unspecified atom stereocenters. The van der Waals surface area contributed by atoms with E-state index in [1.165, 1.54) is 16.8 Å². The molecule has 0 aromatic heterocycles. The van der Waals surface area contributed by atoms with E-state index in [0.717, 1.165) is 6.54 Å². The first-order valence-electron chi connectivity index (χ1n) is 6.67.